The monoisotopic (exact) mass is 390 g/mol. The third-order valence-electron chi connectivity index (χ3n) is 5.07. The molecule has 4 rings (SSSR count). The van der Waals surface area contributed by atoms with Crippen molar-refractivity contribution in [2.45, 2.75) is 26.4 Å². The molecule has 29 heavy (non-hydrogen) atoms. The first kappa shape index (κ1) is 18.9. The Balaban J connectivity index is 1.67. The standard InChI is InChI=1S/C22H22N4O3/c1-13(17-10-22(28)25-12-17)29-20-9-16(8-19-18(20)4-3-7-23-19)15-5-6-21(24-11-15)26-14(2)27/h3-9,11,13,17H,10,12H2,1-2H3,(H,25,28)(H,24,26,27)/t13-,17-/m1/s1. The molecule has 7 heteroatoms. The Morgan fingerprint density at radius 1 is 1.24 bits per heavy atom. The van der Waals surface area contributed by atoms with E-state index in [9.17, 15) is 9.59 Å². The Kier molecular flexibility index (Phi) is 5.12. The van der Waals surface area contributed by atoms with Crippen molar-refractivity contribution >= 4 is 28.5 Å². The van der Waals surface area contributed by atoms with E-state index in [1.165, 1.54) is 6.92 Å². The largest absolute Gasteiger partial charge is 0.490 e. The van der Waals surface area contributed by atoms with E-state index in [0.29, 0.717) is 18.8 Å². The van der Waals surface area contributed by atoms with Crippen LogP contribution in [0.3, 0.4) is 0 Å². The van der Waals surface area contributed by atoms with Crippen LogP contribution >= 0.6 is 0 Å². The van der Waals surface area contributed by atoms with Crippen LogP contribution in [-0.4, -0.2) is 34.4 Å². The van der Waals surface area contributed by atoms with Crippen molar-refractivity contribution in [3.8, 4) is 16.9 Å². The molecule has 2 atom stereocenters. The summed E-state index contributed by atoms with van der Waals surface area (Å²) in [5.74, 6) is 1.27. The van der Waals surface area contributed by atoms with Crippen molar-refractivity contribution in [1.82, 2.24) is 15.3 Å². The van der Waals surface area contributed by atoms with Crippen molar-refractivity contribution in [2.24, 2.45) is 5.92 Å². The molecular weight excluding hydrogens is 368 g/mol. The number of benzene rings is 1. The number of rotatable bonds is 5. The fourth-order valence-electron chi connectivity index (χ4n) is 3.49. The molecule has 1 aliphatic rings. The number of carbonyl (C=O) groups is 2. The van der Waals surface area contributed by atoms with Crippen LogP contribution in [0.4, 0.5) is 5.82 Å². The number of anilines is 1. The van der Waals surface area contributed by atoms with Crippen molar-refractivity contribution < 1.29 is 14.3 Å². The van der Waals surface area contributed by atoms with Gasteiger partial charge in [0.2, 0.25) is 11.8 Å². The highest BCUT2D eigenvalue weighted by Gasteiger charge is 2.28. The van der Waals surface area contributed by atoms with Gasteiger partial charge in [-0.3, -0.25) is 14.6 Å². The summed E-state index contributed by atoms with van der Waals surface area (Å²) < 4.78 is 6.29. The lowest BCUT2D eigenvalue weighted by molar-refractivity contribution is -0.119. The minimum absolute atomic E-state index is 0.0658. The smallest absolute Gasteiger partial charge is 0.222 e. The summed E-state index contributed by atoms with van der Waals surface area (Å²) in [7, 11) is 0. The summed E-state index contributed by atoms with van der Waals surface area (Å²) in [6.45, 7) is 4.07. The SMILES string of the molecule is CC(=O)Nc1ccc(-c2cc(O[C@H](C)[C@H]3CNC(=O)C3)c3cccnc3c2)cn1. The lowest BCUT2D eigenvalue weighted by atomic mass is 10.0. The zero-order valence-electron chi connectivity index (χ0n) is 16.3. The minimum atomic E-state index is -0.162. The molecule has 2 aromatic heterocycles. The Bertz CT molecular complexity index is 1070. The number of pyridine rings is 2. The predicted molar refractivity (Wildman–Crippen MR) is 110 cm³/mol. The molecule has 0 unspecified atom stereocenters. The van der Waals surface area contributed by atoms with E-state index in [1.807, 2.05) is 37.3 Å². The molecule has 1 fully saturated rings. The van der Waals surface area contributed by atoms with Crippen molar-refractivity contribution in [3.05, 3.63) is 48.8 Å². The first-order chi connectivity index (χ1) is 14.0. The number of nitrogens with one attached hydrogen (secondary N) is 2. The number of fused-ring (bicyclic) bond motifs is 1. The highest BCUT2D eigenvalue weighted by molar-refractivity contribution is 5.90. The first-order valence-electron chi connectivity index (χ1n) is 9.56. The maximum absolute atomic E-state index is 11.5. The molecule has 7 nitrogen and oxygen atoms in total. The maximum atomic E-state index is 11.5. The number of amides is 2. The van der Waals surface area contributed by atoms with Crippen LogP contribution in [0, 0.1) is 5.92 Å². The maximum Gasteiger partial charge on any atom is 0.222 e. The molecule has 3 aromatic rings. The van der Waals surface area contributed by atoms with Crippen molar-refractivity contribution in [3.63, 3.8) is 0 Å². The molecule has 0 radical (unpaired) electrons. The zero-order valence-corrected chi connectivity index (χ0v) is 16.3. The number of carbonyl (C=O) groups excluding carboxylic acids is 2. The van der Waals surface area contributed by atoms with Gasteiger partial charge in [-0.1, -0.05) is 0 Å². The summed E-state index contributed by atoms with van der Waals surface area (Å²) in [6.07, 6.45) is 3.82. The van der Waals surface area contributed by atoms with E-state index in [1.54, 1.807) is 18.5 Å². The second-order valence-electron chi connectivity index (χ2n) is 7.25. The third kappa shape index (κ3) is 4.18. The number of aromatic nitrogens is 2. The third-order valence-corrected chi connectivity index (χ3v) is 5.07. The van der Waals surface area contributed by atoms with Gasteiger partial charge in [-0.05, 0) is 48.9 Å². The number of nitrogens with zero attached hydrogens (tertiary/aromatic N) is 2. The van der Waals surface area contributed by atoms with Crippen LogP contribution in [-0.2, 0) is 9.59 Å². The zero-order chi connectivity index (χ0) is 20.4. The lowest BCUT2D eigenvalue weighted by Crippen LogP contribution is -2.25. The van der Waals surface area contributed by atoms with Crippen LogP contribution in [0.5, 0.6) is 5.75 Å². The summed E-state index contributed by atoms with van der Waals surface area (Å²) in [6, 6.07) is 11.5. The van der Waals surface area contributed by atoms with Gasteiger partial charge in [0.1, 0.15) is 17.7 Å². The van der Waals surface area contributed by atoms with Crippen LogP contribution in [0.1, 0.15) is 20.3 Å². The molecule has 1 aromatic carbocycles. The summed E-state index contributed by atoms with van der Waals surface area (Å²) in [4.78, 5) is 31.5. The van der Waals surface area contributed by atoms with E-state index in [4.69, 9.17) is 4.74 Å². The first-order valence-corrected chi connectivity index (χ1v) is 9.56. The molecule has 0 aliphatic carbocycles. The quantitative estimate of drug-likeness (QED) is 0.698. The molecule has 1 saturated heterocycles. The van der Waals surface area contributed by atoms with Gasteiger partial charge >= 0.3 is 0 Å². The molecule has 3 heterocycles. The van der Waals surface area contributed by atoms with E-state index < -0.39 is 0 Å². The van der Waals surface area contributed by atoms with Gasteiger partial charge in [-0.15, -0.1) is 0 Å². The van der Waals surface area contributed by atoms with E-state index in [2.05, 4.69) is 20.6 Å². The second-order valence-corrected chi connectivity index (χ2v) is 7.25. The number of ether oxygens (including phenoxy) is 1. The van der Waals surface area contributed by atoms with E-state index in [-0.39, 0.29) is 23.8 Å². The van der Waals surface area contributed by atoms with Crippen LogP contribution < -0.4 is 15.4 Å². The summed E-state index contributed by atoms with van der Waals surface area (Å²) >= 11 is 0. The van der Waals surface area contributed by atoms with Gasteiger partial charge in [-0.25, -0.2) is 4.98 Å². The average Bonchev–Trinajstić information content (AvgIpc) is 3.14. The average molecular weight is 390 g/mol. The molecule has 148 valence electrons. The number of hydrogen-bond acceptors (Lipinski definition) is 5. The normalized spacial score (nSPS) is 17.0. The Morgan fingerprint density at radius 3 is 2.79 bits per heavy atom. The fourth-order valence-corrected chi connectivity index (χ4v) is 3.49. The van der Waals surface area contributed by atoms with Crippen LogP contribution in [0.15, 0.2) is 48.8 Å². The van der Waals surface area contributed by atoms with E-state index >= 15 is 0 Å². The van der Waals surface area contributed by atoms with Gasteiger partial charge in [-0.2, -0.15) is 0 Å². The van der Waals surface area contributed by atoms with Gasteiger partial charge in [0.15, 0.2) is 0 Å². The molecule has 0 bridgehead atoms. The van der Waals surface area contributed by atoms with Gasteiger partial charge in [0.25, 0.3) is 0 Å². The van der Waals surface area contributed by atoms with E-state index in [0.717, 1.165) is 27.8 Å². The molecule has 0 saturated carbocycles. The highest BCUT2D eigenvalue weighted by atomic mass is 16.5. The topological polar surface area (TPSA) is 93.2 Å². The Morgan fingerprint density at radius 2 is 2.10 bits per heavy atom. The Labute approximate surface area is 168 Å². The summed E-state index contributed by atoms with van der Waals surface area (Å²) in [5.41, 5.74) is 2.63. The molecule has 2 amide bonds. The van der Waals surface area contributed by atoms with Crippen molar-refractivity contribution in [2.75, 3.05) is 11.9 Å². The van der Waals surface area contributed by atoms with Crippen LogP contribution in [0.25, 0.3) is 22.0 Å². The lowest BCUT2D eigenvalue weighted by Gasteiger charge is -2.21. The highest BCUT2D eigenvalue weighted by Crippen LogP contribution is 2.33. The molecule has 1 aliphatic heterocycles. The fraction of sp³-hybridized carbons (Fsp3) is 0.273. The van der Waals surface area contributed by atoms with Crippen molar-refractivity contribution in [1.29, 1.82) is 0 Å². The summed E-state index contributed by atoms with van der Waals surface area (Å²) in [5, 5.41) is 6.44. The van der Waals surface area contributed by atoms with Crippen LogP contribution in [0.2, 0.25) is 0 Å². The second kappa shape index (κ2) is 7.87. The van der Waals surface area contributed by atoms with Gasteiger partial charge < -0.3 is 15.4 Å². The number of hydrogen-bond donors (Lipinski definition) is 2. The molecular formula is C22H22N4O3. The van der Waals surface area contributed by atoms with Gasteiger partial charge in [0.05, 0.1) is 5.52 Å². The minimum Gasteiger partial charge on any atom is -0.490 e. The Hall–Kier alpha value is -3.48. The molecule has 2 N–H and O–H groups in total. The molecule has 0 spiro atoms. The van der Waals surface area contributed by atoms with Gasteiger partial charge in [0, 0.05) is 49.2 Å². The predicted octanol–water partition coefficient (Wildman–Crippen LogP) is 3.16.